The highest BCUT2D eigenvalue weighted by Gasteiger charge is 2.23. The molecule has 1 aliphatic carbocycles. The van der Waals surface area contributed by atoms with Crippen molar-refractivity contribution in [1.82, 2.24) is 5.32 Å². The molecule has 1 aromatic carbocycles. The smallest absolute Gasteiger partial charge is 0.251 e. The third-order valence-electron chi connectivity index (χ3n) is 2.75. The third-order valence-corrected chi connectivity index (χ3v) is 2.75. The fourth-order valence-electron chi connectivity index (χ4n) is 1.59. The highest BCUT2D eigenvalue weighted by atomic mass is 16.1. The van der Waals surface area contributed by atoms with Crippen LogP contribution in [0.5, 0.6) is 0 Å². The largest absolute Gasteiger partial charge is 0.385 e. The van der Waals surface area contributed by atoms with Crippen molar-refractivity contribution < 1.29 is 4.79 Å². The number of nitrogens with one attached hydrogen (secondary N) is 2. The molecule has 0 unspecified atom stereocenters. The average Bonchev–Trinajstić information content (AvgIpc) is 3.10. The Labute approximate surface area is 103 Å². The monoisotopic (exact) mass is 232 g/mol. The molecule has 1 amide bonds. The fraction of sp³-hybridized carbons (Fsp3) is 0.500. The molecule has 1 aromatic rings. The number of benzene rings is 1. The summed E-state index contributed by atoms with van der Waals surface area (Å²) < 4.78 is 0. The van der Waals surface area contributed by atoms with Gasteiger partial charge < -0.3 is 10.6 Å². The summed E-state index contributed by atoms with van der Waals surface area (Å²) in [6.45, 7) is 5.25. The van der Waals surface area contributed by atoms with Crippen molar-refractivity contribution in [2.75, 3.05) is 11.9 Å². The van der Waals surface area contributed by atoms with E-state index >= 15 is 0 Å². The second-order valence-electron chi connectivity index (χ2n) is 5.10. The van der Waals surface area contributed by atoms with Crippen LogP contribution in [0.1, 0.15) is 37.0 Å². The molecule has 2 N–H and O–H groups in total. The molecular weight excluding hydrogens is 212 g/mol. The van der Waals surface area contributed by atoms with Gasteiger partial charge in [-0.2, -0.15) is 0 Å². The molecule has 0 bridgehead atoms. The Kier molecular flexibility index (Phi) is 3.67. The van der Waals surface area contributed by atoms with Crippen molar-refractivity contribution in [3.05, 3.63) is 29.8 Å². The zero-order valence-corrected chi connectivity index (χ0v) is 10.5. The van der Waals surface area contributed by atoms with E-state index in [2.05, 4.69) is 24.5 Å². The lowest BCUT2D eigenvalue weighted by Gasteiger charge is -2.10. The Morgan fingerprint density at radius 2 is 2.18 bits per heavy atom. The number of hydrogen-bond donors (Lipinski definition) is 2. The Morgan fingerprint density at radius 1 is 1.41 bits per heavy atom. The molecule has 1 saturated carbocycles. The topological polar surface area (TPSA) is 41.1 Å². The molecule has 3 heteroatoms. The van der Waals surface area contributed by atoms with Crippen molar-refractivity contribution in [3.8, 4) is 0 Å². The first-order chi connectivity index (χ1) is 8.15. The minimum absolute atomic E-state index is 0.0423. The van der Waals surface area contributed by atoms with E-state index in [-0.39, 0.29) is 5.91 Å². The number of anilines is 1. The van der Waals surface area contributed by atoms with Gasteiger partial charge in [-0.1, -0.05) is 19.9 Å². The lowest BCUT2D eigenvalue weighted by molar-refractivity contribution is 0.0951. The first-order valence-electron chi connectivity index (χ1n) is 6.30. The molecule has 92 valence electrons. The van der Waals surface area contributed by atoms with Gasteiger partial charge in [0.05, 0.1) is 0 Å². The second-order valence-corrected chi connectivity index (χ2v) is 5.10. The van der Waals surface area contributed by atoms with Crippen molar-refractivity contribution in [2.24, 2.45) is 5.92 Å². The number of carbonyl (C=O) groups excluding carboxylic acids is 1. The van der Waals surface area contributed by atoms with E-state index in [4.69, 9.17) is 0 Å². The summed E-state index contributed by atoms with van der Waals surface area (Å²) in [6, 6.07) is 8.11. The highest BCUT2D eigenvalue weighted by molar-refractivity contribution is 5.95. The molecule has 1 aliphatic rings. The predicted molar refractivity (Wildman–Crippen MR) is 70.3 cm³/mol. The van der Waals surface area contributed by atoms with E-state index in [0.717, 1.165) is 30.6 Å². The molecule has 0 aliphatic heterocycles. The van der Waals surface area contributed by atoms with E-state index in [1.165, 1.54) is 0 Å². The highest BCUT2D eigenvalue weighted by Crippen LogP contribution is 2.20. The van der Waals surface area contributed by atoms with Crippen LogP contribution in [0.3, 0.4) is 0 Å². The summed E-state index contributed by atoms with van der Waals surface area (Å²) in [6.07, 6.45) is 2.24. The van der Waals surface area contributed by atoms with Gasteiger partial charge in [-0.05, 0) is 37.0 Å². The van der Waals surface area contributed by atoms with Crippen LogP contribution >= 0.6 is 0 Å². The minimum atomic E-state index is 0.0423. The van der Waals surface area contributed by atoms with Gasteiger partial charge in [0.2, 0.25) is 0 Å². The molecule has 2 rings (SSSR count). The quantitative estimate of drug-likeness (QED) is 0.819. The second kappa shape index (κ2) is 5.21. The SMILES string of the molecule is CC(C)CNc1cccc(C(=O)NC2CC2)c1. The number of rotatable bonds is 5. The van der Waals surface area contributed by atoms with Crippen LogP contribution in [0, 0.1) is 5.92 Å². The maximum Gasteiger partial charge on any atom is 0.251 e. The van der Waals surface area contributed by atoms with Gasteiger partial charge in [-0.15, -0.1) is 0 Å². The van der Waals surface area contributed by atoms with Crippen molar-refractivity contribution in [3.63, 3.8) is 0 Å². The van der Waals surface area contributed by atoms with Crippen molar-refractivity contribution in [1.29, 1.82) is 0 Å². The number of amides is 1. The van der Waals surface area contributed by atoms with Gasteiger partial charge in [-0.25, -0.2) is 0 Å². The lowest BCUT2D eigenvalue weighted by Crippen LogP contribution is -2.25. The minimum Gasteiger partial charge on any atom is -0.385 e. The van der Waals surface area contributed by atoms with E-state index in [1.807, 2.05) is 24.3 Å². The lowest BCUT2D eigenvalue weighted by atomic mass is 10.1. The summed E-state index contributed by atoms with van der Waals surface area (Å²) in [5.74, 6) is 0.639. The van der Waals surface area contributed by atoms with E-state index < -0.39 is 0 Å². The summed E-state index contributed by atoms with van der Waals surface area (Å²) in [5, 5.41) is 6.32. The van der Waals surface area contributed by atoms with Crippen LogP contribution in [0.2, 0.25) is 0 Å². The zero-order chi connectivity index (χ0) is 12.3. The summed E-state index contributed by atoms with van der Waals surface area (Å²) in [7, 11) is 0. The zero-order valence-electron chi connectivity index (χ0n) is 10.5. The van der Waals surface area contributed by atoms with Gasteiger partial charge >= 0.3 is 0 Å². The van der Waals surface area contributed by atoms with E-state index in [0.29, 0.717) is 12.0 Å². The predicted octanol–water partition coefficient (Wildman–Crippen LogP) is 2.65. The van der Waals surface area contributed by atoms with Crippen LogP contribution in [0.25, 0.3) is 0 Å². The maximum atomic E-state index is 11.8. The molecule has 0 heterocycles. The van der Waals surface area contributed by atoms with Crippen molar-refractivity contribution in [2.45, 2.75) is 32.7 Å². The van der Waals surface area contributed by atoms with E-state index in [9.17, 15) is 4.79 Å². The first-order valence-corrected chi connectivity index (χ1v) is 6.30. The summed E-state index contributed by atoms with van der Waals surface area (Å²) >= 11 is 0. The first kappa shape index (κ1) is 12.0. The molecule has 0 aromatic heterocycles. The third kappa shape index (κ3) is 3.77. The van der Waals surface area contributed by atoms with Crippen LogP contribution in [0.15, 0.2) is 24.3 Å². The molecule has 0 spiro atoms. The maximum absolute atomic E-state index is 11.8. The Hall–Kier alpha value is -1.51. The summed E-state index contributed by atoms with van der Waals surface area (Å²) in [5.41, 5.74) is 1.76. The van der Waals surface area contributed by atoms with Crippen LogP contribution in [-0.4, -0.2) is 18.5 Å². The number of hydrogen-bond acceptors (Lipinski definition) is 2. The average molecular weight is 232 g/mol. The van der Waals surface area contributed by atoms with Gasteiger partial charge in [0.1, 0.15) is 0 Å². The fourth-order valence-corrected chi connectivity index (χ4v) is 1.59. The van der Waals surface area contributed by atoms with Crippen LogP contribution in [-0.2, 0) is 0 Å². The normalized spacial score (nSPS) is 14.8. The molecular formula is C14H20N2O. The van der Waals surface area contributed by atoms with Crippen LogP contribution in [0.4, 0.5) is 5.69 Å². The molecule has 17 heavy (non-hydrogen) atoms. The Bertz CT molecular complexity index is 397. The van der Waals surface area contributed by atoms with Crippen LogP contribution < -0.4 is 10.6 Å². The van der Waals surface area contributed by atoms with Gasteiger partial charge in [-0.3, -0.25) is 4.79 Å². The van der Waals surface area contributed by atoms with Gasteiger partial charge in [0.25, 0.3) is 5.91 Å². The standard InChI is InChI=1S/C14H20N2O/c1-10(2)9-15-13-5-3-4-11(8-13)14(17)16-12-6-7-12/h3-5,8,10,12,15H,6-7,9H2,1-2H3,(H,16,17). The number of carbonyl (C=O) groups is 1. The van der Waals surface area contributed by atoms with Gasteiger partial charge in [0.15, 0.2) is 0 Å². The molecule has 0 atom stereocenters. The Balaban J connectivity index is 1.97. The summed E-state index contributed by atoms with van der Waals surface area (Å²) in [4.78, 5) is 11.8. The molecule has 0 saturated heterocycles. The Morgan fingerprint density at radius 3 is 2.82 bits per heavy atom. The molecule has 3 nitrogen and oxygen atoms in total. The molecule has 1 fully saturated rings. The van der Waals surface area contributed by atoms with Crippen molar-refractivity contribution >= 4 is 11.6 Å². The van der Waals surface area contributed by atoms with E-state index in [1.54, 1.807) is 0 Å². The van der Waals surface area contributed by atoms with Gasteiger partial charge in [0, 0.05) is 23.8 Å². The molecule has 0 radical (unpaired) electrons.